The molecule has 0 bridgehead atoms. The van der Waals surface area contributed by atoms with Crippen LogP contribution in [0.3, 0.4) is 0 Å². The standard InChI is InChI=1S/C16H21BrN4/c1-3-13-11-20(2)7-4-8-21(13)15-5-6-18-14-9-12(17)10-19-16(14)15/h5-6,9-10,13H,3-4,7-8,11H2,1-2H3. The van der Waals surface area contributed by atoms with Crippen LogP contribution in [-0.2, 0) is 0 Å². The predicted octanol–water partition coefficient (Wildman–Crippen LogP) is 3.31. The van der Waals surface area contributed by atoms with Crippen molar-refractivity contribution < 1.29 is 0 Å². The fraction of sp³-hybridized carbons (Fsp3) is 0.500. The van der Waals surface area contributed by atoms with E-state index in [-0.39, 0.29) is 0 Å². The molecule has 0 aliphatic carbocycles. The Morgan fingerprint density at radius 3 is 3.00 bits per heavy atom. The molecule has 112 valence electrons. The molecule has 1 fully saturated rings. The van der Waals surface area contributed by atoms with Crippen molar-refractivity contribution in [2.45, 2.75) is 25.8 Å². The van der Waals surface area contributed by atoms with E-state index in [4.69, 9.17) is 0 Å². The zero-order valence-corrected chi connectivity index (χ0v) is 14.2. The molecular formula is C16H21BrN4. The highest BCUT2D eigenvalue weighted by Crippen LogP contribution is 2.28. The third kappa shape index (κ3) is 3.04. The van der Waals surface area contributed by atoms with Gasteiger partial charge in [-0.1, -0.05) is 6.92 Å². The van der Waals surface area contributed by atoms with Crippen molar-refractivity contribution in [1.29, 1.82) is 0 Å². The molecule has 21 heavy (non-hydrogen) atoms. The molecule has 0 amide bonds. The summed E-state index contributed by atoms with van der Waals surface area (Å²) in [6.45, 7) is 5.62. The Morgan fingerprint density at radius 1 is 1.33 bits per heavy atom. The molecule has 5 heteroatoms. The number of anilines is 1. The highest BCUT2D eigenvalue weighted by molar-refractivity contribution is 9.10. The highest BCUT2D eigenvalue weighted by atomic mass is 79.9. The Labute approximate surface area is 134 Å². The van der Waals surface area contributed by atoms with Gasteiger partial charge in [0.1, 0.15) is 5.52 Å². The van der Waals surface area contributed by atoms with Gasteiger partial charge in [-0.3, -0.25) is 9.97 Å². The lowest BCUT2D eigenvalue weighted by Crippen LogP contribution is -2.40. The monoisotopic (exact) mass is 348 g/mol. The molecular weight excluding hydrogens is 328 g/mol. The third-order valence-electron chi connectivity index (χ3n) is 4.21. The second kappa shape index (κ2) is 6.28. The molecule has 3 rings (SSSR count). The Balaban J connectivity index is 2.05. The lowest BCUT2D eigenvalue weighted by Gasteiger charge is -2.32. The van der Waals surface area contributed by atoms with E-state index in [2.05, 4.69) is 55.7 Å². The Bertz CT molecular complexity index is 631. The number of nitrogens with zero attached hydrogens (tertiary/aromatic N) is 4. The van der Waals surface area contributed by atoms with Crippen LogP contribution in [0.25, 0.3) is 11.0 Å². The summed E-state index contributed by atoms with van der Waals surface area (Å²) < 4.78 is 0.974. The van der Waals surface area contributed by atoms with Crippen LogP contribution < -0.4 is 4.90 Å². The Hall–Kier alpha value is -1.20. The van der Waals surface area contributed by atoms with Crippen LogP contribution in [0.1, 0.15) is 19.8 Å². The number of hydrogen-bond donors (Lipinski definition) is 0. The van der Waals surface area contributed by atoms with Crippen LogP contribution in [0.5, 0.6) is 0 Å². The second-order valence-electron chi connectivity index (χ2n) is 5.72. The van der Waals surface area contributed by atoms with E-state index in [1.807, 2.05) is 18.5 Å². The molecule has 0 saturated carbocycles. The van der Waals surface area contributed by atoms with E-state index in [0.29, 0.717) is 6.04 Å². The lowest BCUT2D eigenvalue weighted by atomic mass is 10.1. The minimum atomic E-state index is 0.536. The zero-order valence-electron chi connectivity index (χ0n) is 12.6. The van der Waals surface area contributed by atoms with Crippen molar-refractivity contribution in [2.24, 2.45) is 0 Å². The third-order valence-corrected chi connectivity index (χ3v) is 4.64. The van der Waals surface area contributed by atoms with Crippen LogP contribution in [0, 0.1) is 0 Å². The average Bonchev–Trinajstić information content (AvgIpc) is 2.67. The average molecular weight is 349 g/mol. The maximum Gasteiger partial charge on any atom is 0.112 e. The van der Waals surface area contributed by atoms with E-state index in [0.717, 1.165) is 41.6 Å². The second-order valence-corrected chi connectivity index (χ2v) is 6.64. The predicted molar refractivity (Wildman–Crippen MR) is 90.8 cm³/mol. The smallest absolute Gasteiger partial charge is 0.112 e. The summed E-state index contributed by atoms with van der Waals surface area (Å²) in [6, 6.07) is 4.68. The molecule has 1 saturated heterocycles. The first-order valence-corrected chi connectivity index (χ1v) is 8.33. The number of rotatable bonds is 2. The Kier molecular flexibility index (Phi) is 4.40. The molecule has 1 aliphatic rings. The van der Waals surface area contributed by atoms with Gasteiger partial charge in [0.25, 0.3) is 0 Å². The zero-order chi connectivity index (χ0) is 14.8. The van der Waals surface area contributed by atoms with Crippen LogP contribution in [-0.4, -0.2) is 47.6 Å². The van der Waals surface area contributed by atoms with Crippen molar-refractivity contribution in [3.63, 3.8) is 0 Å². The summed E-state index contributed by atoms with van der Waals surface area (Å²) in [6.07, 6.45) is 6.09. The largest absolute Gasteiger partial charge is 0.365 e. The SMILES string of the molecule is CCC1CN(C)CCCN1c1ccnc2cc(Br)cnc12. The van der Waals surface area contributed by atoms with E-state index < -0.39 is 0 Å². The molecule has 1 aliphatic heterocycles. The van der Waals surface area contributed by atoms with Crippen LogP contribution in [0.4, 0.5) is 5.69 Å². The van der Waals surface area contributed by atoms with Crippen LogP contribution in [0.2, 0.25) is 0 Å². The van der Waals surface area contributed by atoms with E-state index in [1.54, 1.807) is 0 Å². The topological polar surface area (TPSA) is 32.3 Å². The van der Waals surface area contributed by atoms with Crippen molar-refractivity contribution in [3.8, 4) is 0 Å². The molecule has 3 heterocycles. The number of fused-ring (bicyclic) bond motifs is 1. The lowest BCUT2D eigenvalue weighted by molar-refractivity contribution is 0.328. The summed E-state index contributed by atoms with van der Waals surface area (Å²) in [5.74, 6) is 0. The first-order valence-electron chi connectivity index (χ1n) is 7.54. The van der Waals surface area contributed by atoms with E-state index >= 15 is 0 Å². The highest BCUT2D eigenvalue weighted by Gasteiger charge is 2.24. The maximum absolute atomic E-state index is 4.61. The summed E-state index contributed by atoms with van der Waals surface area (Å²) in [5, 5.41) is 0. The molecule has 0 aromatic carbocycles. The summed E-state index contributed by atoms with van der Waals surface area (Å²) >= 11 is 3.48. The van der Waals surface area contributed by atoms with Gasteiger partial charge in [-0.25, -0.2) is 0 Å². The van der Waals surface area contributed by atoms with Gasteiger partial charge in [0, 0.05) is 36.0 Å². The Morgan fingerprint density at radius 2 is 2.19 bits per heavy atom. The minimum absolute atomic E-state index is 0.536. The van der Waals surface area contributed by atoms with Crippen molar-refractivity contribution in [2.75, 3.05) is 31.6 Å². The van der Waals surface area contributed by atoms with Gasteiger partial charge in [0.05, 0.1) is 11.2 Å². The normalized spacial score (nSPS) is 20.7. The van der Waals surface area contributed by atoms with Gasteiger partial charge >= 0.3 is 0 Å². The quantitative estimate of drug-likeness (QED) is 0.833. The number of likely N-dealkylation sites (N-methyl/N-ethyl adjacent to an activating group) is 1. The molecule has 4 nitrogen and oxygen atoms in total. The molecule has 1 unspecified atom stereocenters. The molecule has 2 aromatic rings. The number of pyridine rings is 2. The molecule has 1 atom stereocenters. The molecule has 0 radical (unpaired) electrons. The molecule has 2 aromatic heterocycles. The van der Waals surface area contributed by atoms with E-state index in [1.165, 1.54) is 12.1 Å². The van der Waals surface area contributed by atoms with Crippen molar-refractivity contribution in [1.82, 2.24) is 14.9 Å². The van der Waals surface area contributed by atoms with Crippen molar-refractivity contribution >= 4 is 32.7 Å². The summed E-state index contributed by atoms with van der Waals surface area (Å²) in [4.78, 5) is 14.0. The van der Waals surface area contributed by atoms with Gasteiger partial charge in [0.2, 0.25) is 0 Å². The number of halogens is 1. The first kappa shape index (κ1) is 14.7. The fourth-order valence-electron chi connectivity index (χ4n) is 3.13. The number of aromatic nitrogens is 2. The maximum atomic E-state index is 4.61. The fourth-order valence-corrected chi connectivity index (χ4v) is 3.45. The summed E-state index contributed by atoms with van der Waals surface area (Å²) in [7, 11) is 2.21. The van der Waals surface area contributed by atoms with Gasteiger partial charge in [-0.2, -0.15) is 0 Å². The van der Waals surface area contributed by atoms with Gasteiger partial charge in [-0.15, -0.1) is 0 Å². The summed E-state index contributed by atoms with van der Waals surface area (Å²) in [5.41, 5.74) is 3.17. The van der Waals surface area contributed by atoms with Gasteiger partial charge in [0.15, 0.2) is 0 Å². The number of hydrogen-bond acceptors (Lipinski definition) is 4. The molecule has 0 N–H and O–H groups in total. The van der Waals surface area contributed by atoms with Gasteiger partial charge < -0.3 is 9.80 Å². The van der Waals surface area contributed by atoms with E-state index in [9.17, 15) is 0 Å². The first-order chi connectivity index (χ1) is 10.2. The van der Waals surface area contributed by atoms with Crippen molar-refractivity contribution in [3.05, 3.63) is 29.0 Å². The van der Waals surface area contributed by atoms with Crippen LogP contribution >= 0.6 is 15.9 Å². The van der Waals surface area contributed by atoms with Crippen LogP contribution in [0.15, 0.2) is 29.0 Å². The van der Waals surface area contributed by atoms with Gasteiger partial charge in [-0.05, 0) is 54.5 Å². The molecule has 0 spiro atoms. The minimum Gasteiger partial charge on any atom is -0.365 e.